The Labute approximate surface area is 198 Å². The Morgan fingerprint density at radius 2 is 1.71 bits per heavy atom. The summed E-state index contributed by atoms with van der Waals surface area (Å²) in [7, 11) is -3.92. The lowest BCUT2D eigenvalue weighted by molar-refractivity contribution is -0.123. The second-order valence-electron chi connectivity index (χ2n) is 8.87. The minimum absolute atomic E-state index is 0.0235. The molecular formula is C24H30F2N4O3S. The summed E-state index contributed by atoms with van der Waals surface area (Å²) in [5.74, 6) is -0.858. The smallest absolute Gasteiger partial charge is 0.320 e. The number of hydrogen-bond acceptors (Lipinski definition) is 4. The third kappa shape index (κ3) is 5.98. The molecule has 0 fully saturated rings. The van der Waals surface area contributed by atoms with E-state index in [0.717, 1.165) is 10.1 Å². The summed E-state index contributed by atoms with van der Waals surface area (Å²) in [4.78, 5) is 17.4. The fraction of sp³-hybridized carbons (Fsp3) is 0.417. The highest BCUT2D eigenvalue weighted by Gasteiger charge is 2.28. The quantitative estimate of drug-likeness (QED) is 0.440. The Bertz CT molecular complexity index is 1240. The first-order valence-electron chi connectivity index (χ1n) is 11.1. The van der Waals surface area contributed by atoms with E-state index in [-0.39, 0.29) is 29.6 Å². The van der Waals surface area contributed by atoms with E-state index in [0.29, 0.717) is 11.0 Å². The molecular weight excluding hydrogens is 462 g/mol. The number of fused-ring (bicyclic) bond motifs is 1. The number of benzene rings is 2. The number of sulfonamides is 1. The van der Waals surface area contributed by atoms with E-state index in [1.165, 1.54) is 12.1 Å². The van der Waals surface area contributed by atoms with E-state index in [1.54, 1.807) is 43.3 Å². The monoisotopic (exact) mass is 492 g/mol. The van der Waals surface area contributed by atoms with Gasteiger partial charge in [-0.3, -0.25) is 9.36 Å². The van der Waals surface area contributed by atoms with Gasteiger partial charge in [0.1, 0.15) is 11.9 Å². The van der Waals surface area contributed by atoms with Gasteiger partial charge in [0.25, 0.3) is 0 Å². The average molecular weight is 493 g/mol. The van der Waals surface area contributed by atoms with Crippen molar-refractivity contribution in [3.8, 4) is 0 Å². The van der Waals surface area contributed by atoms with Gasteiger partial charge in [-0.2, -0.15) is 13.5 Å². The standard InChI is InChI=1S/C24H30F2N4O3S/c1-15(2)13-20(29-34(32,33)18-11-9-16(3)10-12-18)23(31)27-14-17(4)22-28-19-7-5-6-8-21(19)30(22)24(25)26/h5-12,15,17,20,24,29H,13-14H2,1-4H3,(H,27,31)/t17-,20+/m0/s1. The first-order valence-corrected chi connectivity index (χ1v) is 12.6. The van der Waals surface area contributed by atoms with Crippen molar-refractivity contribution in [1.82, 2.24) is 19.6 Å². The summed E-state index contributed by atoms with van der Waals surface area (Å²) in [5, 5.41) is 2.72. The Hall–Kier alpha value is -2.85. The maximum absolute atomic E-state index is 13.8. The van der Waals surface area contributed by atoms with E-state index >= 15 is 0 Å². The highest BCUT2D eigenvalue weighted by Crippen LogP contribution is 2.27. The molecule has 2 N–H and O–H groups in total. The molecule has 1 heterocycles. The number of imidazole rings is 1. The fourth-order valence-corrected chi connectivity index (χ4v) is 4.95. The molecule has 1 aromatic heterocycles. The summed E-state index contributed by atoms with van der Waals surface area (Å²) in [6.07, 6.45) is 0.279. The predicted octanol–water partition coefficient (Wildman–Crippen LogP) is 4.35. The van der Waals surface area contributed by atoms with Gasteiger partial charge in [0.05, 0.1) is 15.9 Å². The third-order valence-corrected chi connectivity index (χ3v) is 6.98. The van der Waals surface area contributed by atoms with E-state index in [4.69, 9.17) is 0 Å². The fourth-order valence-electron chi connectivity index (χ4n) is 3.74. The maximum Gasteiger partial charge on any atom is 0.320 e. The highest BCUT2D eigenvalue weighted by molar-refractivity contribution is 7.89. The Balaban J connectivity index is 1.76. The van der Waals surface area contributed by atoms with Crippen LogP contribution in [0.4, 0.5) is 8.78 Å². The largest absolute Gasteiger partial charge is 0.354 e. The summed E-state index contributed by atoms with van der Waals surface area (Å²) in [6, 6.07) is 11.9. The van der Waals surface area contributed by atoms with Gasteiger partial charge in [-0.1, -0.05) is 50.6 Å². The number of amides is 1. The molecule has 0 aliphatic heterocycles. The third-order valence-electron chi connectivity index (χ3n) is 5.49. The zero-order valence-corrected chi connectivity index (χ0v) is 20.4. The molecule has 3 aromatic rings. The van der Waals surface area contributed by atoms with Crippen LogP contribution >= 0.6 is 0 Å². The van der Waals surface area contributed by atoms with Crippen LogP contribution < -0.4 is 10.0 Å². The number of para-hydroxylation sites is 2. The molecule has 34 heavy (non-hydrogen) atoms. The molecule has 184 valence electrons. The van der Waals surface area contributed by atoms with Gasteiger partial charge in [0.2, 0.25) is 15.9 Å². The molecule has 1 amide bonds. The second kappa shape index (κ2) is 10.6. The number of nitrogens with zero attached hydrogens (tertiary/aromatic N) is 2. The van der Waals surface area contributed by atoms with E-state index < -0.39 is 34.4 Å². The van der Waals surface area contributed by atoms with Gasteiger partial charge in [0.15, 0.2) is 0 Å². The summed E-state index contributed by atoms with van der Waals surface area (Å²) in [6.45, 7) is 4.55. The number of nitrogens with one attached hydrogen (secondary N) is 2. The molecule has 10 heteroatoms. The van der Waals surface area contributed by atoms with Gasteiger partial charge in [0, 0.05) is 12.5 Å². The van der Waals surface area contributed by atoms with Crippen molar-refractivity contribution in [3.63, 3.8) is 0 Å². The van der Waals surface area contributed by atoms with Crippen molar-refractivity contribution in [2.24, 2.45) is 5.92 Å². The SMILES string of the molecule is Cc1ccc(S(=O)(=O)N[C@H](CC(C)C)C(=O)NC[C@H](C)c2nc3ccccc3n2C(F)F)cc1. The lowest BCUT2D eigenvalue weighted by Crippen LogP contribution is -2.48. The molecule has 7 nitrogen and oxygen atoms in total. The number of carbonyl (C=O) groups is 1. The van der Waals surface area contributed by atoms with Crippen LogP contribution in [0.5, 0.6) is 0 Å². The van der Waals surface area contributed by atoms with Crippen LogP contribution in [0, 0.1) is 12.8 Å². The molecule has 0 unspecified atom stereocenters. The number of aromatic nitrogens is 2. The number of aryl methyl sites for hydroxylation is 1. The highest BCUT2D eigenvalue weighted by atomic mass is 32.2. The van der Waals surface area contributed by atoms with Crippen LogP contribution in [0.1, 0.15) is 51.0 Å². The predicted molar refractivity (Wildman–Crippen MR) is 127 cm³/mol. The Morgan fingerprint density at radius 3 is 2.32 bits per heavy atom. The van der Waals surface area contributed by atoms with Crippen molar-refractivity contribution < 1.29 is 22.0 Å². The van der Waals surface area contributed by atoms with E-state index in [9.17, 15) is 22.0 Å². The minimum Gasteiger partial charge on any atom is -0.354 e. The Kier molecular flexibility index (Phi) is 8.04. The van der Waals surface area contributed by atoms with Crippen molar-refractivity contribution in [2.75, 3.05) is 6.54 Å². The number of carbonyl (C=O) groups excluding carboxylic acids is 1. The van der Waals surface area contributed by atoms with Crippen molar-refractivity contribution in [3.05, 3.63) is 59.9 Å². The normalized spacial score (nSPS) is 14.0. The molecule has 0 bridgehead atoms. The van der Waals surface area contributed by atoms with Crippen molar-refractivity contribution >= 4 is 27.0 Å². The summed E-state index contributed by atoms with van der Waals surface area (Å²) < 4.78 is 56.5. The number of hydrogen-bond donors (Lipinski definition) is 2. The van der Waals surface area contributed by atoms with Crippen LogP contribution in [-0.4, -0.2) is 36.5 Å². The molecule has 2 aromatic carbocycles. The zero-order chi connectivity index (χ0) is 25.0. The number of rotatable bonds is 10. The van der Waals surface area contributed by atoms with Crippen LogP contribution in [0.3, 0.4) is 0 Å². The van der Waals surface area contributed by atoms with Gasteiger partial charge >= 0.3 is 6.55 Å². The minimum atomic E-state index is -3.92. The molecule has 0 saturated carbocycles. The van der Waals surface area contributed by atoms with Crippen LogP contribution in [-0.2, 0) is 14.8 Å². The number of alkyl halides is 2. The Morgan fingerprint density at radius 1 is 1.06 bits per heavy atom. The van der Waals surface area contributed by atoms with Crippen LogP contribution in [0.15, 0.2) is 53.4 Å². The van der Waals surface area contributed by atoms with E-state index in [2.05, 4.69) is 15.0 Å². The topological polar surface area (TPSA) is 93.1 Å². The molecule has 0 saturated heterocycles. The lowest BCUT2D eigenvalue weighted by atomic mass is 10.0. The molecule has 0 aliphatic rings. The molecule has 0 radical (unpaired) electrons. The molecule has 3 rings (SSSR count). The molecule has 2 atom stereocenters. The van der Waals surface area contributed by atoms with Crippen molar-refractivity contribution in [1.29, 1.82) is 0 Å². The zero-order valence-electron chi connectivity index (χ0n) is 19.6. The molecule has 0 aliphatic carbocycles. The van der Waals surface area contributed by atoms with Gasteiger partial charge < -0.3 is 5.32 Å². The van der Waals surface area contributed by atoms with Gasteiger partial charge in [-0.25, -0.2) is 13.4 Å². The van der Waals surface area contributed by atoms with Gasteiger partial charge in [-0.15, -0.1) is 0 Å². The first-order chi connectivity index (χ1) is 16.0. The maximum atomic E-state index is 13.8. The first kappa shape index (κ1) is 25.8. The number of halogens is 2. The average Bonchev–Trinajstić information content (AvgIpc) is 3.16. The second-order valence-corrected chi connectivity index (χ2v) is 10.6. The van der Waals surface area contributed by atoms with Crippen molar-refractivity contribution in [2.45, 2.75) is 57.5 Å². The van der Waals surface area contributed by atoms with Crippen LogP contribution in [0.2, 0.25) is 0 Å². The lowest BCUT2D eigenvalue weighted by Gasteiger charge is -2.21. The van der Waals surface area contributed by atoms with E-state index in [1.807, 2.05) is 20.8 Å². The van der Waals surface area contributed by atoms with Crippen LogP contribution in [0.25, 0.3) is 11.0 Å². The summed E-state index contributed by atoms with van der Waals surface area (Å²) in [5.41, 5.74) is 1.67. The van der Waals surface area contributed by atoms with Gasteiger partial charge in [-0.05, 0) is 43.5 Å². The summed E-state index contributed by atoms with van der Waals surface area (Å²) >= 11 is 0. The molecule has 0 spiro atoms.